The van der Waals surface area contributed by atoms with Gasteiger partial charge in [0, 0.05) is 17.8 Å². The van der Waals surface area contributed by atoms with E-state index >= 15 is 0 Å². The molecule has 1 aliphatic rings. The van der Waals surface area contributed by atoms with E-state index in [-0.39, 0.29) is 17.9 Å². The second-order valence-electron chi connectivity index (χ2n) is 6.74. The van der Waals surface area contributed by atoms with Gasteiger partial charge in [-0.15, -0.1) is 0 Å². The second-order valence-corrected chi connectivity index (χ2v) is 6.74. The summed E-state index contributed by atoms with van der Waals surface area (Å²) in [7, 11) is 0. The van der Waals surface area contributed by atoms with Crippen molar-refractivity contribution in [1.82, 2.24) is 10.6 Å². The number of hydrogen-bond acceptors (Lipinski definition) is 3. The average Bonchev–Trinajstić information content (AvgIpc) is 2.67. The third-order valence-corrected chi connectivity index (χ3v) is 4.59. The smallest absolute Gasteiger partial charge is 0.255 e. The fourth-order valence-electron chi connectivity index (χ4n) is 3.06. The number of hydrogen-bond donors (Lipinski definition) is 3. The van der Waals surface area contributed by atoms with Gasteiger partial charge in [0.05, 0.1) is 6.04 Å². The standard InChI is InChI=1S/C21H25N3O2/c1-15-8-10-17(11-9-15)20(25)24-18-6-4-5-16(13-18)14-23-21(26)19-7-2-3-12-22-19/h4-6,8-11,13,19,22H,2-3,7,12,14H2,1H3,(H,23,26)(H,24,25). The summed E-state index contributed by atoms with van der Waals surface area (Å²) < 4.78 is 0. The number of aryl methyl sites for hydroxylation is 1. The maximum atomic E-state index is 12.3. The number of carbonyl (C=O) groups is 2. The van der Waals surface area contributed by atoms with Gasteiger partial charge in [0.1, 0.15) is 0 Å². The molecule has 0 saturated carbocycles. The normalized spacial score (nSPS) is 16.7. The van der Waals surface area contributed by atoms with Gasteiger partial charge in [-0.3, -0.25) is 9.59 Å². The predicted molar refractivity (Wildman–Crippen MR) is 103 cm³/mol. The number of nitrogens with one attached hydrogen (secondary N) is 3. The fourth-order valence-corrected chi connectivity index (χ4v) is 3.06. The molecule has 0 aliphatic carbocycles. The molecular weight excluding hydrogens is 326 g/mol. The zero-order valence-corrected chi connectivity index (χ0v) is 15.0. The van der Waals surface area contributed by atoms with Crippen LogP contribution in [0.2, 0.25) is 0 Å². The Hall–Kier alpha value is -2.66. The van der Waals surface area contributed by atoms with E-state index in [4.69, 9.17) is 0 Å². The molecule has 1 aliphatic heterocycles. The van der Waals surface area contributed by atoms with Gasteiger partial charge in [-0.25, -0.2) is 0 Å². The van der Waals surface area contributed by atoms with E-state index in [1.165, 1.54) is 0 Å². The highest BCUT2D eigenvalue weighted by Gasteiger charge is 2.19. The largest absolute Gasteiger partial charge is 0.351 e. The van der Waals surface area contributed by atoms with Crippen LogP contribution in [0.4, 0.5) is 5.69 Å². The Bertz CT molecular complexity index is 765. The van der Waals surface area contributed by atoms with E-state index in [1.807, 2.05) is 55.5 Å². The van der Waals surface area contributed by atoms with Crippen LogP contribution in [0.1, 0.15) is 40.7 Å². The maximum absolute atomic E-state index is 12.3. The number of carbonyl (C=O) groups excluding carboxylic acids is 2. The molecule has 5 nitrogen and oxygen atoms in total. The van der Waals surface area contributed by atoms with E-state index < -0.39 is 0 Å². The highest BCUT2D eigenvalue weighted by molar-refractivity contribution is 6.04. The summed E-state index contributed by atoms with van der Waals surface area (Å²) in [5.41, 5.74) is 3.42. The van der Waals surface area contributed by atoms with Gasteiger partial charge in [0.2, 0.25) is 5.91 Å². The number of amides is 2. The van der Waals surface area contributed by atoms with Crippen molar-refractivity contribution in [3.05, 3.63) is 65.2 Å². The van der Waals surface area contributed by atoms with Crippen LogP contribution in [-0.2, 0) is 11.3 Å². The van der Waals surface area contributed by atoms with Crippen LogP contribution in [0.15, 0.2) is 48.5 Å². The Morgan fingerprint density at radius 1 is 1.12 bits per heavy atom. The van der Waals surface area contributed by atoms with Gasteiger partial charge < -0.3 is 16.0 Å². The lowest BCUT2D eigenvalue weighted by molar-refractivity contribution is -0.123. The molecule has 1 atom stereocenters. The summed E-state index contributed by atoms with van der Waals surface area (Å²) in [5, 5.41) is 9.12. The molecule has 2 aromatic carbocycles. The molecule has 0 bridgehead atoms. The summed E-state index contributed by atoms with van der Waals surface area (Å²) in [6.07, 6.45) is 3.11. The maximum Gasteiger partial charge on any atom is 0.255 e. The predicted octanol–water partition coefficient (Wildman–Crippen LogP) is 3.01. The summed E-state index contributed by atoms with van der Waals surface area (Å²) in [6.45, 7) is 3.34. The minimum Gasteiger partial charge on any atom is -0.351 e. The first kappa shape index (κ1) is 18.1. The van der Waals surface area contributed by atoms with Gasteiger partial charge in [-0.2, -0.15) is 0 Å². The fraction of sp³-hybridized carbons (Fsp3) is 0.333. The van der Waals surface area contributed by atoms with Crippen molar-refractivity contribution in [3.8, 4) is 0 Å². The minimum absolute atomic E-state index is 0.0406. The molecule has 2 aromatic rings. The van der Waals surface area contributed by atoms with Gasteiger partial charge in [-0.05, 0) is 56.1 Å². The van der Waals surface area contributed by atoms with Crippen molar-refractivity contribution >= 4 is 17.5 Å². The van der Waals surface area contributed by atoms with E-state index in [2.05, 4.69) is 16.0 Å². The van der Waals surface area contributed by atoms with Crippen LogP contribution >= 0.6 is 0 Å². The summed E-state index contributed by atoms with van der Waals surface area (Å²) in [5.74, 6) is -0.101. The molecule has 0 aromatic heterocycles. The van der Waals surface area contributed by atoms with Gasteiger partial charge in [0.25, 0.3) is 5.91 Å². The molecule has 136 valence electrons. The van der Waals surface area contributed by atoms with Crippen LogP contribution in [0.3, 0.4) is 0 Å². The molecule has 0 spiro atoms. The SMILES string of the molecule is Cc1ccc(C(=O)Nc2cccc(CNC(=O)C3CCCCN3)c2)cc1. The van der Waals surface area contributed by atoms with Crippen molar-refractivity contribution in [2.45, 2.75) is 38.8 Å². The summed E-state index contributed by atoms with van der Waals surface area (Å²) in [4.78, 5) is 24.5. The highest BCUT2D eigenvalue weighted by atomic mass is 16.2. The van der Waals surface area contributed by atoms with Crippen molar-refractivity contribution < 1.29 is 9.59 Å². The first-order chi connectivity index (χ1) is 12.6. The molecule has 26 heavy (non-hydrogen) atoms. The van der Waals surface area contributed by atoms with Crippen molar-refractivity contribution in [2.75, 3.05) is 11.9 Å². The van der Waals surface area contributed by atoms with E-state index in [0.29, 0.717) is 12.1 Å². The first-order valence-electron chi connectivity index (χ1n) is 9.10. The zero-order valence-electron chi connectivity index (χ0n) is 15.0. The second kappa shape index (κ2) is 8.63. The first-order valence-corrected chi connectivity index (χ1v) is 9.10. The lowest BCUT2D eigenvalue weighted by Gasteiger charge is -2.22. The third-order valence-electron chi connectivity index (χ3n) is 4.59. The van der Waals surface area contributed by atoms with E-state index in [0.717, 1.165) is 42.6 Å². The molecule has 1 heterocycles. The van der Waals surface area contributed by atoms with Crippen LogP contribution < -0.4 is 16.0 Å². The lowest BCUT2D eigenvalue weighted by Crippen LogP contribution is -2.46. The Balaban J connectivity index is 1.56. The van der Waals surface area contributed by atoms with Crippen molar-refractivity contribution in [2.24, 2.45) is 0 Å². The van der Waals surface area contributed by atoms with Gasteiger partial charge in [0.15, 0.2) is 0 Å². The molecular formula is C21H25N3O2. The Labute approximate surface area is 154 Å². The van der Waals surface area contributed by atoms with E-state index in [1.54, 1.807) is 0 Å². The van der Waals surface area contributed by atoms with Crippen molar-refractivity contribution in [1.29, 1.82) is 0 Å². The monoisotopic (exact) mass is 351 g/mol. The van der Waals surface area contributed by atoms with Gasteiger partial charge >= 0.3 is 0 Å². The highest BCUT2D eigenvalue weighted by Crippen LogP contribution is 2.13. The number of rotatable bonds is 5. The molecule has 3 rings (SSSR count). The Morgan fingerprint density at radius 2 is 1.92 bits per heavy atom. The van der Waals surface area contributed by atoms with Crippen LogP contribution in [0, 0.1) is 6.92 Å². The summed E-state index contributed by atoms with van der Waals surface area (Å²) in [6, 6.07) is 14.9. The van der Waals surface area contributed by atoms with E-state index in [9.17, 15) is 9.59 Å². The van der Waals surface area contributed by atoms with Gasteiger partial charge in [-0.1, -0.05) is 36.2 Å². The topological polar surface area (TPSA) is 70.2 Å². The molecule has 2 amide bonds. The lowest BCUT2D eigenvalue weighted by atomic mass is 10.0. The minimum atomic E-state index is -0.141. The van der Waals surface area contributed by atoms with Crippen LogP contribution in [0.25, 0.3) is 0 Å². The molecule has 1 saturated heterocycles. The Morgan fingerprint density at radius 3 is 2.65 bits per heavy atom. The van der Waals surface area contributed by atoms with Crippen LogP contribution in [0.5, 0.6) is 0 Å². The Kier molecular flexibility index (Phi) is 6.02. The van der Waals surface area contributed by atoms with Crippen LogP contribution in [-0.4, -0.2) is 24.4 Å². The summed E-state index contributed by atoms with van der Waals surface area (Å²) >= 11 is 0. The number of benzene rings is 2. The number of piperidine rings is 1. The molecule has 5 heteroatoms. The third kappa shape index (κ3) is 4.92. The molecule has 1 unspecified atom stereocenters. The average molecular weight is 351 g/mol. The number of anilines is 1. The van der Waals surface area contributed by atoms with Crippen molar-refractivity contribution in [3.63, 3.8) is 0 Å². The molecule has 1 fully saturated rings. The molecule has 3 N–H and O–H groups in total. The zero-order chi connectivity index (χ0) is 18.4. The quantitative estimate of drug-likeness (QED) is 0.775. The molecule has 0 radical (unpaired) electrons.